The molecule has 0 atom stereocenters. The quantitative estimate of drug-likeness (QED) is 0.578. The highest BCUT2D eigenvalue weighted by Crippen LogP contribution is 2.22. The standard InChI is InChI=1S/C10H9ClFN5/c11-6-1-2-7(12)8(3-6)15-9-4-14-5-10(16-9)17-13/h1-5H,13H2,(H2,15,16,17). The molecule has 0 saturated heterocycles. The van der Waals surface area contributed by atoms with Gasteiger partial charge in [-0.2, -0.15) is 0 Å². The number of hydrazine groups is 1. The maximum absolute atomic E-state index is 13.4. The van der Waals surface area contributed by atoms with Crippen molar-refractivity contribution in [3.63, 3.8) is 0 Å². The lowest BCUT2D eigenvalue weighted by atomic mass is 10.3. The Kier molecular flexibility index (Phi) is 3.36. The van der Waals surface area contributed by atoms with Crippen LogP contribution in [0.15, 0.2) is 30.6 Å². The van der Waals surface area contributed by atoms with Crippen LogP contribution < -0.4 is 16.6 Å². The topological polar surface area (TPSA) is 75.9 Å². The van der Waals surface area contributed by atoms with Crippen LogP contribution in [0.2, 0.25) is 5.02 Å². The summed E-state index contributed by atoms with van der Waals surface area (Å²) in [6.07, 6.45) is 2.89. The number of halogens is 2. The lowest BCUT2D eigenvalue weighted by Crippen LogP contribution is -2.09. The first-order valence-corrected chi connectivity index (χ1v) is 5.07. The summed E-state index contributed by atoms with van der Waals surface area (Å²) in [5, 5.41) is 3.19. The fourth-order valence-electron chi connectivity index (χ4n) is 1.23. The largest absolute Gasteiger partial charge is 0.336 e. The van der Waals surface area contributed by atoms with Gasteiger partial charge in [-0.1, -0.05) is 11.6 Å². The second-order valence-electron chi connectivity index (χ2n) is 3.18. The molecule has 0 aliphatic heterocycles. The highest BCUT2D eigenvalue weighted by Gasteiger charge is 2.04. The average Bonchev–Trinajstić information content (AvgIpc) is 2.34. The molecule has 0 aliphatic rings. The number of hydrogen-bond donors (Lipinski definition) is 3. The first-order valence-electron chi connectivity index (χ1n) is 4.70. The molecule has 0 saturated carbocycles. The predicted molar refractivity (Wildman–Crippen MR) is 64.5 cm³/mol. The zero-order chi connectivity index (χ0) is 12.3. The molecule has 0 unspecified atom stereocenters. The van der Waals surface area contributed by atoms with Crippen molar-refractivity contribution in [3.05, 3.63) is 41.4 Å². The van der Waals surface area contributed by atoms with Crippen molar-refractivity contribution >= 4 is 28.9 Å². The highest BCUT2D eigenvalue weighted by atomic mass is 35.5. The Labute approximate surface area is 102 Å². The van der Waals surface area contributed by atoms with E-state index < -0.39 is 5.82 Å². The summed E-state index contributed by atoms with van der Waals surface area (Å²) in [5.41, 5.74) is 2.57. The summed E-state index contributed by atoms with van der Waals surface area (Å²) >= 11 is 5.77. The molecule has 4 N–H and O–H groups in total. The van der Waals surface area contributed by atoms with Gasteiger partial charge in [-0.25, -0.2) is 15.2 Å². The van der Waals surface area contributed by atoms with Crippen LogP contribution in [0.1, 0.15) is 0 Å². The van der Waals surface area contributed by atoms with Crippen molar-refractivity contribution < 1.29 is 4.39 Å². The van der Waals surface area contributed by atoms with Gasteiger partial charge >= 0.3 is 0 Å². The maximum Gasteiger partial charge on any atom is 0.160 e. The lowest BCUT2D eigenvalue weighted by Gasteiger charge is -2.07. The number of anilines is 3. The van der Waals surface area contributed by atoms with Gasteiger partial charge in [-0.3, -0.25) is 4.98 Å². The maximum atomic E-state index is 13.4. The van der Waals surface area contributed by atoms with Crippen LogP contribution >= 0.6 is 11.6 Å². The first kappa shape index (κ1) is 11.6. The predicted octanol–water partition coefficient (Wildman–Crippen LogP) is 2.30. The summed E-state index contributed by atoms with van der Waals surface area (Å²) in [5.74, 6) is 5.50. The van der Waals surface area contributed by atoms with Crippen LogP contribution in [0.5, 0.6) is 0 Å². The van der Waals surface area contributed by atoms with Gasteiger partial charge in [0.1, 0.15) is 5.82 Å². The van der Waals surface area contributed by atoms with E-state index >= 15 is 0 Å². The molecule has 2 aromatic rings. The number of nitrogens with one attached hydrogen (secondary N) is 2. The molecule has 0 radical (unpaired) electrons. The second kappa shape index (κ2) is 4.94. The van der Waals surface area contributed by atoms with Gasteiger partial charge in [-0.15, -0.1) is 0 Å². The third-order valence-electron chi connectivity index (χ3n) is 1.97. The summed E-state index contributed by atoms with van der Waals surface area (Å²) in [7, 11) is 0. The van der Waals surface area contributed by atoms with Crippen molar-refractivity contribution in [1.82, 2.24) is 9.97 Å². The molecule has 5 nitrogen and oxygen atoms in total. The molecule has 0 spiro atoms. The smallest absolute Gasteiger partial charge is 0.160 e. The molecule has 2 rings (SSSR count). The van der Waals surface area contributed by atoms with Gasteiger partial charge in [0.2, 0.25) is 0 Å². The minimum absolute atomic E-state index is 0.223. The minimum Gasteiger partial charge on any atom is -0.336 e. The Morgan fingerprint density at radius 2 is 2.00 bits per heavy atom. The first-order chi connectivity index (χ1) is 8.19. The summed E-state index contributed by atoms with van der Waals surface area (Å²) in [4.78, 5) is 7.92. The molecular formula is C10H9ClFN5. The fraction of sp³-hybridized carbons (Fsp3) is 0. The van der Waals surface area contributed by atoms with E-state index in [2.05, 4.69) is 20.7 Å². The van der Waals surface area contributed by atoms with Crippen molar-refractivity contribution in [3.8, 4) is 0 Å². The number of nitrogens with two attached hydrogens (primary N) is 1. The Morgan fingerprint density at radius 3 is 2.76 bits per heavy atom. The minimum atomic E-state index is -0.428. The molecule has 1 aromatic carbocycles. The van der Waals surface area contributed by atoms with E-state index in [0.29, 0.717) is 16.7 Å². The van der Waals surface area contributed by atoms with Gasteiger partial charge in [0.25, 0.3) is 0 Å². The third kappa shape index (κ3) is 2.80. The van der Waals surface area contributed by atoms with Gasteiger partial charge in [0.05, 0.1) is 18.1 Å². The van der Waals surface area contributed by atoms with Crippen molar-refractivity contribution in [2.45, 2.75) is 0 Å². The van der Waals surface area contributed by atoms with Crippen LogP contribution in [0.25, 0.3) is 0 Å². The number of nitrogens with zero attached hydrogens (tertiary/aromatic N) is 2. The Bertz CT molecular complexity index is 534. The summed E-state index contributed by atoms with van der Waals surface area (Å²) < 4.78 is 13.4. The van der Waals surface area contributed by atoms with Crippen molar-refractivity contribution in [1.29, 1.82) is 0 Å². The number of benzene rings is 1. The van der Waals surface area contributed by atoms with Gasteiger partial charge in [0, 0.05) is 5.02 Å². The van der Waals surface area contributed by atoms with Crippen LogP contribution in [0.4, 0.5) is 21.7 Å². The van der Waals surface area contributed by atoms with Crippen molar-refractivity contribution in [2.75, 3.05) is 10.7 Å². The van der Waals surface area contributed by atoms with E-state index in [9.17, 15) is 4.39 Å². The van der Waals surface area contributed by atoms with E-state index in [1.807, 2.05) is 0 Å². The molecule has 0 bridgehead atoms. The highest BCUT2D eigenvalue weighted by molar-refractivity contribution is 6.30. The number of hydrogen-bond acceptors (Lipinski definition) is 5. The SMILES string of the molecule is NNc1cncc(Nc2cc(Cl)ccc2F)n1. The van der Waals surface area contributed by atoms with E-state index in [4.69, 9.17) is 17.4 Å². The zero-order valence-electron chi connectivity index (χ0n) is 8.61. The van der Waals surface area contributed by atoms with Crippen LogP contribution in [0.3, 0.4) is 0 Å². The van der Waals surface area contributed by atoms with Crippen LogP contribution in [-0.2, 0) is 0 Å². The molecular weight excluding hydrogens is 245 g/mol. The van der Waals surface area contributed by atoms with E-state index in [1.165, 1.54) is 30.6 Å². The fourth-order valence-corrected chi connectivity index (χ4v) is 1.40. The monoisotopic (exact) mass is 253 g/mol. The summed E-state index contributed by atoms with van der Waals surface area (Å²) in [6, 6.07) is 4.19. The van der Waals surface area contributed by atoms with E-state index in [-0.39, 0.29) is 5.69 Å². The lowest BCUT2D eigenvalue weighted by molar-refractivity contribution is 0.632. The Balaban J connectivity index is 2.27. The Morgan fingerprint density at radius 1 is 1.24 bits per heavy atom. The molecule has 88 valence electrons. The number of nitrogen functional groups attached to an aromatic ring is 1. The number of aromatic nitrogens is 2. The molecule has 1 heterocycles. The number of rotatable bonds is 3. The van der Waals surface area contributed by atoms with E-state index in [0.717, 1.165) is 0 Å². The molecule has 0 aliphatic carbocycles. The average molecular weight is 254 g/mol. The molecule has 7 heteroatoms. The van der Waals surface area contributed by atoms with Gasteiger partial charge < -0.3 is 10.7 Å². The van der Waals surface area contributed by atoms with Crippen LogP contribution in [0, 0.1) is 5.82 Å². The zero-order valence-corrected chi connectivity index (χ0v) is 9.37. The normalized spacial score (nSPS) is 10.1. The van der Waals surface area contributed by atoms with Crippen LogP contribution in [-0.4, -0.2) is 9.97 Å². The van der Waals surface area contributed by atoms with Gasteiger partial charge in [-0.05, 0) is 18.2 Å². The summed E-state index contributed by atoms with van der Waals surface area (Å²) in [6.45, 7) is 0. The third-order valence-corrected chi connectivity index (χ3v) is 2.21. The molecule has 0 amide bonds. The molecule has 0 fully saturated rings. The van der Waals surface area contributed by atoms with Gasteiger partial charge in [0.15, 0.2) is 11.6 Å². The molecule has 1 aromatic heterocycles. The van der Waals surface area contributed by atoms with Crippen molar-refractivity contribution in [2.24, 2.45) is 5.84 Å². The molecule has 17 heavy (non-hydrogen) atoms. The Hall–Kier alpha value is -1.92. The second-order valence-corrected chi connectivity index (χ2v) is 3.62. The van der Waals surface area contributed by atoms with E-state index in [1.54, 1.807) is 0 Å².